The zero-order valence-electron chi connectivity index (χ0n) is 12.1. The van der Waals surface area contributed by atoms with Crippen LogP contribution in [0, 0.1) is 5.41 Å². The second-order valence-electron chi connectivity index (χ2n) is 4.73. The Morgan fingerprint density at radius 3 is 2.61 bits per heavy atom. The van der Waals surface area contributed by atoms with Gasteiger partial charge >= 0.3 is 0 Å². The summed E-state index contributed by atoms with van der Waals surface area (Å²) in [5, 5.41) is 11.4. The molecule has 8 nitrogen and oxygen atoms in total. The minimum atomic E-state index is 0.180. The molecule has 0 atom stereocenters. The molecule has 0 aliphatic carbocycles. The van der Waals surface area contributed by atoms with Crippen LogP contribution >= 0.6 is 0 Å². The van der Waals surface area contributed by atoms with Crippen molar-refractivity contribution in [2.45, 2.75) is 0 Å². The van der Waals surface area contributed by atoms with Crippen LogP contribution in [0.3, 0.4) is 0 Å². The summed E-state index contributed by atoms with van der Waals surface area (Å²) in [6, 6.07) is 6.98. The Morgan fingerprint density at radius 2 is 1.87 bits per heavy atom. The fourth-order valence-electron chi connectivity index (χ4n) is 2.03. The lowest BCUT2D eigenvalue weighted by Crippen LogP contribution is -2.07. The molecule has 114 valence electrons. The lowest BCUT2D eigenvalue weighted by Gasteiger charge is -2.11. The molecule has 6 N–H and O–H groups in total. The Morgan fingerprint density at radius 1 is 1.09 bits per heavy atom. The van der Waals surface area contributed by atoms with Gasteiger partial charge in [-0.3, -0.25) is 5.41 Å². The first-order valence-corrected chi connectivity index (χ1v) is 6.73. The molecule has 0 radical (unpaired) electrons. The van der Waals surface area contributed by atoms with Crippen LogP contribution in [0.1, 0.15) is 11.1 Å². The van der Waals surface area contributed by atoms with E-state index < -0.39 is 0 Å². The normalized spacial score (nSPS) is 10.3. The Labute approximate surface area is 132 Å². The van der Waals surface area contributed by atoms with Gasteiger partial charge in [0.25, 0.3) is 0 Å². The number of rotatable bonds is 4. The molecule has 3 rings (SSSR count). The van der Waals surface area contributed by atoms with E-state index in [1.54, 1.807) is 42.9 Å². The van der Waals surface area contributed by atoms with E-state index in [0.29, 0.717) is 22.6 Å². The number of nitrogens with two attached hydrogens (primary N) is 2. The highest BCUT2D eigenvalue weighted by Gasteiger charge is 2.10. The third-order valence-corrected chi connectivity index (χ3v) is 3.12. The van der Waals surface area contributed by atoms with Crippen molar-refractivity contribution in [3.63, 3.8) is 0 Å². The molecule has 23 heavy (non-hydrogen) atoms. The van der Waals surface area contributed by atoms with Gasteiger partial charge in [-0.15, -0.1) is 0 Å². The highest BCUT2D eigenvalue weighted by Crippen LogP contribution is 2.23. The van der Waals surface area contributed by atoms with Crippen LogP contribution in [-0.4, -0.2) is 25.6 Å². The van der Waals surface area contributed by atoms with E-state index in [1.165, 1.54) is 6.33 Å². The van der Waals surface area contributed by atoms with E-state index >= 15 is 0 Å². The topological polar surface area (TPSA) is 139 Å². The summed E-state index contributed by atoms with van der Waals surface area (Å²) in [6.45, 7) is 0. The van der Waals surface area contributed by atoms with Gasteiger partial charge in [0, 0.05) is 41.1 Å². The van der Waals surface area contributed by atoms with Crippen LogP contribution in [0.15, 0.2) is 49.2 Å². The summed E-state index contributed by atoms with van der Waals surface area (Å²) >= 11 is 0. The molecule has 8 heteroatoms. The van der Waals surface area contributed by atoms with Gasteiger partial charge in [0.1, 0.15) is 12.1 Å². The minimum absolute atomic E-state index is 0.180. The molecule has 1 aromatic carbocycles. The van der Waals surface area contributed by atoms with E-state index in [0.717, 1.165) is 5.69 Å². The Kier molecular flexibility index (Phi) is 3.79. The van der Waals surface area contributed by atoms with Gasteiger partial charge in [-0.05, 0) is 24.3 Å². The first kappa shape index (κ1) is 14.4. The third kappa shape index (κ3) is 3.21. The fourth-order valence-corrected chi connectivity index (χ4v) is 2.03. The lowest BCUT2D eigenvalue weighted by atomic mass is 10.0. The molecule has 3 aromatic rings. The summed E-state index contributed by atoms with van der Waals surface area (Å²) in [6.07, 6.45) is 6.11. The number of aromatic nitrogens is 4. The van der Waals surface area contributed by atoms with Gasteiger partial charge in [0.15, 0.2) is 0 Å². The summed E-state index contributed by atoms with van der Waals surface area (Å²) < 4.78 is 0. The van der Waals surface area contributed by atoms with E-state index in [9.17, 15) is 0 Å². The highest BCUT2D eigenvalue weighted by atomic mass is 15.1. The van der Waals surface area contributed by atoms with E-state index in [4.69, 9.17) is 16.9 Å². The molecule has 0 fully saturated rings. The van der Waals surface area contributed by atoms with Crippen molar-refractivity contribution in [1.29, 1.82) is 5.41 Å². The molecule has 0 saturated heterocycles. The summed E-state index contributed by atoms with van der Waals surface area (Å²) in [7, 11) is 0. The van der Waals surface area contributed by atoms with Crippen LogP contribution in [0.4, 0.5) is 23.1 Å². The maximum Gasteiger partial charge on any atom is 0.221 e. The first-order valence-electron chi connectivity index (χ1n) is 6.73. The number of nitrogens with one attached hydrogen (secondary N) is 2. The monoisotopic (exact) mass is 306 g/mol. The van der Waals surface area contributed by atoms with Gasteiger partial charge < -0.3 is 16.8 Å². The third-order valence-electron chi connectivity index (χ3n) is 3.12. The van der Waals surface area contributed by atoms with E-state index in [2.05, 4.69) is 25.3 Å². The van der Waals surface area contributed by atoms with Crippen LogP contribution in [0.5, 0.6) is 0 Å². The lowest BCUT2D eigenvalue weighted by molar-refractivity contribution is 1.15. The van der Waals surface area contributed by atoms with E-state index in [1.807, 2.05) is 0 Å². The van der Waals surface area contributed by atoms with Gasteiger partial charge in [-0.25, -0.2) is 15.0 Å². The highest BCUT2D eigenvalue weighted by molar-refractivity contribution is 6.14. The smallest absolute Gasteiger partial charge is 0.221 e. The molecule has 0 spiro atoms. The van der Waals surface area contributed by atoms with Crippen LogP contribution in [0.2, 0.25) is 0 Å². The van der Waals surface area contributed by atoms with Gasteiger partial charge in [0.05, 0.1) is 5.71 Å². The number of nitrogens with zero attached hydrogens (tertiary/aromatic N) is 4. The second-order valence-corrected chi connectivity index (χ2v) is 4.73. The van der Waals surface area contributed by atoms with Crippen molar-refractivity contribution in [2.75, 3.05) is 16.8 Å². The molecular formula is C15H14N8. The number of hydrogen-bond acceptors (Lipinski definition) is 8. The number of benzene rings is 1. The van der Waals surface area contributed by atoms with Crippen molar-refractivity contribution in [3.05, 3.63) is 60.3 Å². The molecule has 0 bridgehead atoms. The predicted octanol–water partition coefficient (Wildman–Crippen LogP) is 1.59. The fraction of sp³-hybridized carbons (Fsp3) is 0. The maximum atomic E-state index is 8.29. The molecular weight excluding hydrogens is 292 g/mol. The maximum absolute atomic E-state index is 8.29. The van der Waals surface area contributed by atoms with Gasteiger partial charge in [0.2, 0.25) is 5.95 Å². The molecule has 0 saturated carbocycles. The molecule has 0 aliphatic rings. The van der Waals surface area contributed by atoms with Crippen molar-refractivity contribution in [2.24, 2.45) is 0 Å². The van der Waals surface area contributed by atoms with Crippen molar-refractivity contribution < 1.29 is 0 Å². The van der Waals surface area contributed by atoms with Crippen molar-refractivity contribution >= 4 is 28.9 Å². The Balaban J connectivity index is 1.92. The zero-order valence-corrected chi connectivity index (χ0v) is 12.1. The average molecular weight is 306 g/mol. The molecule has 2 aromatic heterocycles. The summed E-state index contributed by atoms with van der Waals surface area (Å²) in [5.74, 6) is 0.739. The van der Waals surface area contributed by atoms with Crippen molar-refractivity contribution in [3.8, 4) is 0 Å². The Hall–Kier alpha value is -3.55. The van der Waals surface area contributed by atoms with Gasteiger partial charge in [-0.1, -0.05) is 0 Å². The number of hydrogen-bond donors (Lipinski definition) is 4. The van der Waals surface area contributed by atoms with Crippen LogP contribution < -0.4 is 16.8 Å². The van der Waals surface area contributed by atoms with Gasteiger partial charge in [-0.2, -0.15) is 4.98 Å². The molecule has 0 aliphatic heterocycles. The second kappa shape index (κ2) is 6.06. The summed E-state index contributed by atoms with van der Waals surface area (Å²) in [4.78, 5) is 15.8. The largest absolute Gasteiger partial charge is 0.398 e. The van der Waals surface area contributed by atoms with E-state index in [-0.39, 0.29) is 11.7 Å². The minimum Gasteiger partial charge on any atom is -0.398 e. The SMILES string of the molecule is N=C(c1cncnc1)c1cc(Nc2ccnc(N)n2)ccc1N. The van der Waals surface area contributed by atoms with Crippen molar-refractivity contribution in [1.82, 2.24) is 19.9 Å². The number of anilines is 4. The molecule has 0 unspecified atom stereocenters. The molecule has 0 amide bonds. The first-order chi connectivity index (χ1) is 11.1. The summed E-state index contributed by atoms with van der Waals surface area (Å²) in [5.41, 5.74) is 14.2. The predicted molar refractivity (Wildman–Crippen MR) is 88.5 cm³/mol. The zero-order chi connectivity index (χ0) is 16.2. The Bertz CT molecular complexity index is 847. The number of nitrogen functional groups attached to an aromatic ring is 2. The average Bonchev–Trinajstić information content (AvgIpc) is 2.57. The quantitative estimate of drug-likeness (QED) is 0.424. The van der Waals surface area contributed by atoms with Crippen LogP contribution in [-0.2, 0) is 0 Å². The van der Waals surface area contributed by atoms with Crippen LogP contribution in [0.25, 0.3) is 0 Å². The molecule has 2 heterocycles. The standard InChI is InChI=1S/C15H14N8/c16-12-2-1-10(22-13-3-4-21-15(18)23-13)5-11(12)14(17)9-6-19-8-20-7-9/h1-8,17H,16H2,(H3,18,21,22,23).